The average molecular weight is 287 g/mol. The van der Waals surface area contributed by atoms with Crippen LogP contribution in [0.4, 0.5) is 0 Å². The Morgan fingerprint density at radius 2 is 2.20 bits per heavy atom. The second kappa shape index (κ2) is 4.90. The molecule has 0 spiro atoms. The van der Waals surface area contributed by atoms with Crippen LogP contribution in [0.2, 0.25) is 0 Å². The number of amides is 1. The van der Waals surface area contributed by atoms with Crippen molar-refractivity contribution in [1.29, 1.82) is 0 Å². The van der Waals surface area contributed by atoms with E-state index < -0.39 is 0 Å². The van der Waals surface area contributed by atoms with E-state index in [0.29, 0.717) is 17.6 Å². The van der Waals surface area contributed by atoms with Crippen LogP contribution < -0.4 is 5.73 Å². The number of rotatable bonds is 4. The summed E-state index contributed by atoms with van der Waals surface area (Å²) < 4.78 is 1.97. The number of benzene rings is 1. The van der Waals surface area contributed by atoms with Crippen LogP contribution in [0.1, 0.15) is 18.4 Å². The van der Waals surface area contributed by atoms with Crippen molar-refractivity contribution in [3.63, 3.8) is 0 Å². The van der Waals surface area contributed by atoms with Gasteiger partial charge in [0.1, 0.15) is 11.5 Å². The van der Waals surface area contributed by atoms with Crippen LogP contribution in [0.25, 0.3) is 10.9 Å². The van der Waals surface area contributed by atoms with Gasteiger partial charge in [-0.25, -0.2) is 0 Å². The first kappa shape index (κ1) is 13.1. The van der Waals surface area contributed by atoms with Gasteiger partial charge in [-0.15, -0.1) is 0 Å². The lowest BCUT2D eigenvalue weighted by molar-refractivity contribution is -0.130. The molecule has 0 aliphatic heterocycles. The molecule has 0 bridgehead atoms. The van der Waals surface area contributed by atoms with Gasteiger partial charge >= 0.3 is 0 Å². The van der Waals surface area contributed by atoms with Crippen molar-refractivity contribution < 1.29 is 4.79 Å². The van der Waals surface area contributed by atoms with E-state index in [0.717, 1.165) is 29.3 Å². The lowest BCUT2D eigenvalue weighted by atomic mass is 10.1. The molecule has 5 heteroatoms. The minimum Gasteiger partial charge on any atom is -0.389 e. The molecule has 1 amide bonds. The van der Waals surface area contributed by atoms with Crippen LogP contribution in [0.15, 0.2) is 30.5 Å². The molecule has 2 aromatic rings. The Bertz CT molecular complexity index is 687. The monoisotopic (exact) mass is 287 g/mol. The van der Waals surface area contributed by atoms with Gasteiger partial charge in [0.2, 0.25) is 5.91 Å². The number of carbonyl (C=O) groups is 1. The second-order valence-electron chi connectivity index (χ2n) is 5.32. The summed E-state index contributed by atoms with van der Waals surface area (Å²) in [5, 5.41) is 1.05. The van der Waals surface area contributed by atoms with Crippen LogP contribution in [0, 0.1) is 0 Å². The molecule has 1 aliphatic carbocycles. The fourth-order valence-electron chi connectivity index (χ4n) is 2.41. The third-order valence-corrected chi connectivity index (χ3v) is 4.08. The Labute approximate surface area is 123 Å². The number of hydrogen-bond donors (Lipinski definition) is 1. The number of fused-ring (bicyclic) bond motifs is 1. The highest BCUT2D eigenvalue weighted by Gasteiger charge is 2.29. The first-order chi connectivity index (χ1) is 9.56. The van der Waals surface area contributed by atoms with Crippen molar-refractivity contribution in [3.05, 3.63) is 36.0 Å². The maximum atomic E-state index is 12.2. The first-order valence-electron chi connectivity index (χ1n) is 6.70. The molecule has 1 heterocycles. The topological polar surface area (TPSA) is 51.3 Å². The molecule has 1 saturated carbocycles. The number of aromatic nitrogens is 1. The van der Waals surface area contributed by atoms with Crippen LogP contribution in [-0.4, -0.2) is 33.5 Å². The van der Waals surface area contributed by atoms with Gasteiger partial charge in [-0.3, -0.25) is 4.79 Å². The summed E-state index contributed by atoms with van der Waals surface area (Å²) in [6, 6.07) is 8.26. The minimum absolute atomic E-state index is 0.156. The molecule has 1 aromatic carbocycles. The Morgan fingerprint density at radius 3 is 2.85 bits per heavy atom. The highest BCUT2D eigenvalue weighted by molar-refractivity contribution is 7.80. The molecule has 4 nitrogen and oxygen atoms in total. The predicted molar refractivity (Wildman–Crippen MR) is 83.6 cm³/mol. The summed E-state index contributed by atoms with van der Waals surface area (Å²) in [6.07, 6.45) is 4.20. The highest BCUT2D eigenvalue weighted by atomic mass is 32.1. The highest BCUT2D eigenvalue weighted by Crippen LogP contribution is 2.26. The Morgan fingerprint density at radius 1 is 1.45 bits per heavy atom. The standard InChI is InChI=1S/C15H17N3OS/c1-17(12-3-4-12)14(19)9-18-7-6-10-8-11(15(16)20)2-5-13(10)18/h2,5-8,12H,3-4,9H2,1H3,(H2,16,20). The van der Waals surface area contributed by atoms with E-state index in [9.17, 15) is 4.79 Å². The normalized spacial score (nSPS) is 14.4. The van der Waals surface area contributed by atoms with Gasteiger partial charge in [-0.05, 0) is 37.1 Å². The van der Waals surface area contributed by atoms with E-state index in [1.54, 1.807) is 0 Å². The SMILES string of the molecule is CN(C(=O)Cn1ccc2cc(C(N)=S)ccc21)C1CC1. The molecule has 0 unspecified atom stereocenters. The number of likely N-dealkylation sites (N-methyl/N-ethyl adjacent to an activating group) is 1. The number of thiocarbonyl (C=S) groups is 1. The van der Waals surface area contributed by atoms with E-state index in [2.05, 4.69) is 0 Å². The van der Waals surface area contributed by atoms with Gasteiger partial charge in [-0.2, -0.15) is 0 Å². The number of nitrogens with zero attached hydrogens (tertiary/aromatic N) is 2. The minimum atomic E-state index is 0.156. The lowest BCUT2D eigenvalue weighted by Crippen LogP contribution is -2.31. The molecular formula is C15H17N3OS. The van der Waals surface area contributed by atoms with E-state index in [1.807, 2.05) is 47.0 Å². The second-order valence-corrected chi connectivity index (χ2v) is 5.76. The van der Waals surface area contributed by atoms with Crippen molar-refractivity contribution in [3.8, 4) is 0 Å². The van der Waals surface area contributed by atoms with Gasteiger partial charge in [0.05, 0.1) is 0 Å². The molecule has 0 saturated heterocycles. The number of nitrogens with two attached hydrogens (primary N) is 1. The summed E-state index contributed by atoms with van der Waals surface area (Å²) in [4.78, 5) is 14.4. The van der Waals surface area contributed by atoms with Crippen molar-refractivity contribution in [2.24, 2.45) is 5.73 Å². The third kappa shape index (κ3) is 2.41. The maximum absolute atomic E-state index is 12.2. The Hall–Kier alpha value is -1.88. The van der Waals surface area contributed by atoms with Gasteiger partial charge in [-0.1, -0.05) is 12.2 Å². The first-order valence-corrected chi connectivity index (χ1v) is 7.11. The van der Waals surface area contributed by atoms with Crippen LogP contribution >= 0.6 is 12.2 Å². The summed E-state index contributed by atoms with van der Waals surface area (Å²) in [7, 11) is 1.89. The molecular weight excluding hydrogens is 270 g/mol. The zero-order valence-corrected chi connectivity index (χ0v) is 12.2. The van der Waals surface area contributed by atoms with Crippen molar-refractivity contribution >= 4 is 34.0 Å². The number of carbonyl (C=O) groups excluding carboxylic acids is 1. The zero-order chi connectivity index (χ0) is 14.3. The van der Waals surface area contributed by atoms with E-state index in [4.69, 9.17) is 18.0 Å². The molecule has 1 fully saturated rings. The third-order valence-electron chi connectivity index (χ3n) is 3.85. The summed E-state index contributed by atoms with van der Waals surface area (Å²) >= 11 is 4.98. The molecule has 1 aromatic heterocycles. The Kier molecular flexibility index (Phi) is 3.22. The van der Waals surface area contributed by atoms with Crippen molar-refractivity contribution in [1.82, 2.24) is 9.47 Å². The average Bonchev–Trinajstić information content (AvgIpc) is 3.20. The van der Waals surface area contributed by atoms with Gasteiger partial charge in [0.25, 0.3) is 0 Å². The lowest BCUT2D eigenvalue weighted by Gasteiger charge is -2.17. The molecule has 20 heavy (non-hydrogen) atoms. The van der Waals surface area contributed by atoms with Gasteiger partial charge in [0.15, 0.2) is 0 Å². The smallest absolute Gasteiger partial charge is 0.242 e. The molecule has 1 aliphatic rings. The zero-order valence-electron chi connectivity index (χ0n) is 11.4. The van der Waals surface area contributed by atoms with Crippen LogP contribution in [-0.2, 0) is 11.3 Å². The van der Waals surface area contributed by atoms with Crippen molar-refractivity contribution in [2.75, 3.05) is 7.05 Å². The molecule has 0 atom stereocenters. The van der Waals surface area contributed by atoms with Gasteiger partial charge < -0.3 is 15.2 Å². The molecule has 104 valence electrons. The van der Waals surface area contributed by atoms with E-state index >= 15 is 0 Å². The Balaban J connectivity index is 1.85. The predicted octanol–water partition coefficient (Wildman–Crippen LogP) is 1.90. The van der Waals surface area contributed by atoms with E-state index in [1.165, 1.54) is 0 Å². The van der Waals surface area contributed by atoms with Crippen molar-refractivity contribution in [2.45, 2.75) is 25.4 Å². The quantitative estimate of drug-likeness (QED) is 0.874. The summed E-state index contributed by atoms with van der Waals surface area (Å²) in [5.74, 6) is 0.156. The summed E-state index contributed by atoms with van der Waals surface area (Å²) in [6.45, 7) is 0.378. The van der Waals surface area contributed by atoms with Crippen LogP contribution in [0.5, 0.6) is 0 Å². The molecule has 3 rings (SSSR count). The maximum Gasteiger partial charge on any atom is 0.242 e. The largest absolute Gasteiger partial charge is 0.389 e. The van der Waals surface area contributed by atoms with Gasteiger partial charge in [0, 0.05) is 35.8 Å². The van der Waals surface area contributed by atoms with E-state index in [-0.39, 0.29) is 5.91 Å². The molecule has 0 radical (unpaired) electrons. The fraction of sp³-hybridized carbons (Fsp3) is 0.333. The number of hydrogen-bond acceptors (Lipinski definition) is 2. The fourth-order valence-corrected chi connectivity index (χ4v) is 2.54. The van der Waals surface area contributed by atoms with Crippen LogP contribution in [0.3, 0.4) is 0 Å². The summed E-state index contributed by atoms with van der Waals surface area (Å²) in [5.41, 5.74) is 7.52. The molecule has 2 N–H and O–H groups in total.